The molecule has 25 heavy (non-hydrogen) atoms. The van der Waals surface area contributed by atoms with Crippen molar-refractivity contribution in [3.05, 3.63) is 41.0 Å². The molecule has 0 aliphatic carbocycles. The highest BCUT2D eigenvalue weighted by atomic mass is 32.2. The van der Waals surface area contributed by atoms with Crippen molar-refractivity contribution in [1.29, 1.82) is 0 Å². The molecular formula is C13H11F3N4O3S2. The first-order valence-electron chi connectivity index (χ1n) is 6.79. The Morgan fingerprint density at radius 2 is 2.12 bits per heavy atom. The van der Waals surface area contributed by atoms with Crippen molar-refractivity contribution in [2.45, 2.75) is 24.5 Å². The van der Waals surface area contributed by atoms with Gasteiger partial charge in [0.25, 0.3) is 0 Å². The van der Waals surface area contributed by atoms with E-state index in [1.54, 1.807) is 13.1 Å². The number of hydrogen-bond donors (Lipinski definition) is 2. The number of nitrogens with one attached hydrogen (secondary N) is 2. The van der Waals surface area contributed by atoms with Crippen LogP contribution in [-0.2, 0) is 22.7 Å². The van der Waals surface area contributed by atoms with E-state index < -0.39 is 22.0 Å². The van der Waals surface area contributed by atoms with E-state index in [2.05, 4.69) is 24.4 Å². The number of halogens is 3. The summed E-state index contributed by atoms with van der Waals surface area (Å²) in [5, 5.41) is 3.36. The molecule has 0 unspecified atom stereocenters. The summed E-state index contributed by atoms with van der Waals surface area (Å²) in [5.41, 5.74) is -0.0760. The highest BCUT2D eigenvalue weighted by Crippen LogP contribution is 2.36. The molecule has 3 aromatic rings. The quantitative estimate of drug-likeness (QED) is 0.695. The molecular weight excluding hydrogens is 381 g/mol. The largest absolute Gasteiger partial charge is 0.452 e. The van der Waals surface area contributed by atoms with Crippen molar-refractivity contribution in [3.63, 3.8) is 0 Å². The van der Waals surface area contributed by atoms with E-state index in [0.717, 1.165) is 17.4 Å². The van der Waals surface area contributed by atoms with Crippen molar-refractivity contribution in [3.8, 4) is 10.6 Å². The Balaban J connectivity index is 1.85. The lowest BCUT2D eigenvalue weighted by molar-refractivity contribution is -0.155. The summed E-state index contributed by atoms with van der Waals surface area (Å²) in [4.78, 5) is 7.31. The maximum Gasteiger partial charge on any atom is 0.452 e. The predicted molar refractivity (Wildman–Crippen MR) is 82.2 cm³/mol. The van der Waals surface area contributed by atoms with Crippen LogP contribution in [0.15, 0.2) is 33.9 Å². The molecule has 3 heterocycles. The van der Waals surface area contributed by atoms with Gasteiger partial charge in [-0.1, -0.05) is 5.16 Å². The molecule has 0 saturated heterocycles. The van der Waals surface area contributed by atoms with Gasteiger partial charge in [0.15, 0.2) is 0 Å². The lowest BCUT2D eigenvalue weighted by Gasteiger charge is -2.04. The van der Waals surface area contributed by atoms with Crippen LogP contribution in [-0.4, -0.2) is 23.5 Å². The maximum atomic E-state index is 12.6. The molecule has 0 atom stereocenters. The third-order valence-electron chi connectivity index (χ3n) is 3.19. The van der Waals surface area contributed by atoms with E-state index in [1.807, 2.05) is 0 Å². The standard InChI is InChI=1S/C13H11F3N4O3S2/c1-7-10(25(21,22)19-6-12-17-2-3-18-12)5-9(24-7)8-4-11(23-20-8)13(14,15)16/h2-5,19H,6H2,1H3,(H,17,18). The number of H-pyrrole nitrogens is 1. The smallest absolute Gasteiger partial charge is 0.351 e. The van der Waals surface area contributed by atoms with Crippen LogP contribution in [0.25, 0.3) is 10.6 Å². The molecule has 2 N–H and O–H groups in total. The zero-order chi connectivity index (χ0) is 18.2. The fourth-order valence-electron chi connectivity index (χ4n) is 2.02. The molecule has 7 nitrogen and oxygen atoms in total. The van der Waals surface area contributed by atoms with E-state index in [-0.39, 0.29) is 22.0 Å². The van der Waals surface area contributed by atoms with E-state index in [4.69, 9.17) is 0 Å². The van der Waals surface area contributed by atoms with Crippen LogP contribution in [0.1, 0.15) is 16.5 Å². The van der Waals surface area contributed by atoms with Gasteiger partial charge < -0.3 is 9.51 Å². The number of nitrogens with zero attached hydrogens (tertiary/aromatic N) is 2. The minimum Gasteiger partial charge on any atom is -0.351 e. The molecule has 0 aromatic carbocycles. The van der Waals surface area contributed by atoms with Crippen molar-refractivity contribution in [1.82, 2.24) is 19.8 Å². The monoisotopic (exact) mass is 392 g/mol. The summed E-state index contributed by atoms with van der Waals surface area (Å²) in [7, 11) is -3.86. The number of sulfonamides is 1. The minimum absolute atomic E-state index is 0.0318. The average Bonchev–Trinajstić information content (AvgIpc) is 3.24. The third kappa shape index (κ3) is 3.75. The molecule has 0 saturated carbocycles. The Bertz CT molecular complexity index is 975. The van der Waals surface area contributed by atoms with Gasteiger partial charge in [-0.3, -0.25) is 0 Å². The molecule has 0 bridgehead atoms. The summed E-state index contributed by atoms with van der Waals surface area (Å²) in [6.45, 7) is 1.52. The Labute approximate surface area is 143 Å². The summed E-state index contributed by atoms with van der Waals surface area (Å²) in [6.07, 6.45) is -1.61. The van der Waals surface area contributed by atoms with Gasteiger partial charge in [-0.2, -0.15) is 13.2 Å². The second kappa shape index (κ2) is 6.28. The van der Waals surface area contributed by atoms with Gasteiger partial charge in [-0.05, 0) is 13.0 Å². The van der Waals surface area contributed by atoms with Crippen LogP contribution in [0.3, 0.4) is 0 Å². The molecule has 0 aliphatic rings. The van der Waals surface area contributed by atoms with Crippen LogP contribution in [0, 0.1) is 6.92 Å². The average molecular weight is 392 g/mol. The second-order valence-electron chi connectivity index (χ2n) is 4.97. The predicted octanol–water partition coefficient (Wildman–Crippen LogP) is 2.93. The Morgan fingerprint density at radius 1 is 1.36 bits per heavy atom. The molecule has 0 spiro atoms. The van der Waals surface area contributed by atoms with Gasteiger partial charge in [0, 0.05) is 23.3 Å². The van der Waals surface area contributed by atoms with Gasteiger partial charge >= 0.3 is 6.18 Å². The maximum absolute atomic E-state index is 12.6. The lowest BCUT2D eigenvalue weighted by Crippen LogP contribution is -2.23. The summed E-state index contributed by atoms with van der Waals surface area (Å²) >= 11 is 1.01. The number of alkyl halides is 3. The number of rotatable bonds is 5. The number of aromatic amines is 1. The van der Waals surface area contributed by atoms with Crippen molar-refractivity contribution < 1.29 is 26.1 Å². The minimum atomic E-state index is -4.66. The van der Waals surface area contributed by atoms with Crippen molar-refractivity contribution >= 4 is 21.4 Å². The van der Waals surface area contributed by atoms with Crippen molar-refractivity contribution in [2.75, 3.05) is 0 Å². The molecule has 3 rings (SSSR count). The number of hydrogen-bond acceptors (Lipinski definition) is 6. The number of aryl methyl sites for hydroxylation is 1. The first kappa shape index (κ1) is 17.6. The Morgan fingerprint density at radius 3 is 2.72 bits per heavy atom. The molecule has 12 heteroatoms. The summed E-state index contributed by atoms with van der Waals surface area (Å²) in [5.74, 6) is -0.808. The second-order valence-corrected chi connectivity index (χ2v) is 7.96. The van der Waals surface area contributed by atoms with Gasteiger partial charge in [-0.25, -0.2) is 18.1 Å². The van der Waals surface area contributed by atoms with Crippen molar-refractivity contribution in [2.24, 2.45) is 0 Å². The first-order chi connectivity index (χ1) is 11.7. The zero-order valence-corrected chi connectivity index (χ0v) is 14.2. The van der Waals surface area contributed by atoms with Crippen LogP contribution in [0.2, 0.25) is 0 Å². The highest BCUT2D eigenvalue weighted by Gasteiger charge is 2.36. The summed E-state index contributed by atoms with van der Waals surface area (Å²) < 4.78 is 69.2. The topological polar surface area (TPSA) is 101 Å². The Hall–Kier alpha value is -2.18. The summed E-state index contributed by atoms with van der Waals surface area (Å²) in [6, 6.07) is 2.00. The van der Waals surface area contributed by atoms with Crippen LogP contribution in [0.5, 0.6) is 0 Å². The number of imidazole rings is 1. The first-order valence-corrected chi connectivity index (χ1v) is 9.09. The number of aromatic nitrogens is 3. The fourth-order valence-corrected chi connectivity index (χ4v) is 4.55. The SMILES string of the molecule is Cc1sc(-c2cc(C(F)(F)F)on2)cc1S(=O)(=O)NCc1ncc[nH]1. The van der Waals surface area contributed by atoms with Crippen LogP contribution in [0.4, 0.5) is 13.2 Å². The molecule has 0 fully saturated rings. The van der Waals surface area contributed by atoms with E-state index in [9.17, 15) is 21.6 Å². The molecule has 0 amide bonds. The number of thiophene rings is 1. The van der Waals surface area contributed by atoms with Crippen LogP contribution < -0.4 is 4.72 Å². The van der Waals surface area contributed by atoms with Gasteiger partial charge in [0.1, 0.15) is 11.5 Å². The molecule has 0 aliphatic heterocycles. The zero-order valence-electron chi connectivity index (χ0n) is 12.6. The normalized spacial score (nSPS) is 12.6. The molecule has 134 valence electrons. The van der Waals surface area contributed by atoms with Gasteiger partial charge in [0.2, 0.25) is 15.8 Å². The lowest BCUT2D eigenvalue weighted by atomic mass is 10.3. The third-order valence-corrected chi connectivity index (χ3v) is 5.92. The van der Waals surface area contributed by atoms with E-state index in [1.165, 1.54) is 12.3 Å². The van der Waals surface area contributed by atoms with Crippen LogP contribution >= 0.6 is 11.3 Å². The van der Waals surface area contributed by atoms with Gasteiger partial charge in [0.05, 0.1) is 16.3 Å². The molecule has 0 radical (unpaired) electrons. The molecule has 3 aromatic heterocycles. The van der Waals surface area contributed by atoms with Gasteiger partial charge in [-0.15, -0.1) is 11.3 Å². The van der Waals surface area contributed by atoms with E-state index in [0.29, 0.717) is 10.7 Å². The Kier molecular flexibility index (Phi) is 4.43. The fraction of sp³-hybridized carbons (Fsp3) is 0.231. The van der Waals surface area contributed by atoms with E-state index >= 15 is 0 Å². The highest BCUT2D eigenvalue weighted by molar-refractivity contribution is 7.89.